The fraction of sp³-hybridized carbons (Fsp3) is 0.500. The molecule has 1 saturated heterocycles. The summed E-state index contributed by atoms with van der Waals surface area (Å²) in [7, 11) is 2.74. The molecule has 1 aliphatic rings. The Morgan fingerprint density at radius 3 is 2.32 bits per heavy atom. The van der Waals surface area contributed by atoms with Crippen molar-refractivity contribution in [2.24, 2.45) is 0 Å². The van der Waals surface area contributed by atoms with Gasteiger partial charge in [0.15, 0.2) is 0 Å². The number of amides is 2. The van der Waals surface area contributed by atoms with E-state index in [1.165, 1.54) is 14.2 Å². The summed E-state index contributed by atoms with van der Waals surface area (Å²) >= 11 is 0. The first kappa shape index (κ1) is 16.1. The molecule has 0 spiro atoms. The number of hydrogen-bond donors (Lipinski definition) is 0. The third-order valence-electron chi connectivity index (χ3n) is 4.03. The van der Waals surface area contributed by atoms with E-state index in [4.69, 9.17) is 9.47 Å². The molecule has 2 amide bonds. The summed E-state index contributed by atoms with van der Waals surface area (Å²) < 4.78 is 9.70. The number of piperazine rings is 1. The largest absolute Gasteiger partial charge is 0.453 e. The molecule has 0 radical (unpaired) electrons. The van der Waals surface area contributed by atoms with Crippen LogP contribution in [0.1, 0.15) is 12.5 Å². The average molecular weight is 306 g/mol. The van der Waals surface area contributed by atoms with Crippen molar-refractivity contribution in [3.63, 3.8) is 0 Å². The number of rotatable bonds is 2. The van der Waals surface area contributed by atoms with E-state index in [0.29, 0.717) is 26.1 Å². The maximum atomic E-state index is 12.1. The smallest absolute Gasteiger partial charge is 0.410 e. The maximum absolute atomic E-state index is 12.1. The number of nitrogens with zero attached hydrogens (tertiary/aromatic N) is 2. The number of carbonyl (C=O) groups excluding carboxylic acids is 2. The lowest BCUT2D eigenvalue weighted by Crippen LogP contribution is -2.64. The van der Waals surface area contributed by atoms with Gasteiger partial charge in [-0.1, -0.05) is 30.3 Å². The Morgan fingerprint density at radius 1 is 1.09 bits per heavy atom. The quantitative estimate of drug-likeness (QED) is 0.840. The lowest BCUT2D eigenvalue weighted by Gasteiger charge is -2.47. The molecule has 6 heteroatoms. The molecule has 1 heterocycles. The molecule has 22 heavy (non-hydrogen) atoms. The van der Waals surface area contributed by atoms with Crippen LogP contribution in [-0.4, -0.2) is 61.4 Å². The fourth-order valence-electron chi connectivity index (χ4n) is 2.96. The average Bonchev–Trinajstić information content (AvgIpc) is 2.53. The highest BCUT2D eigenvalue weighted by Gasteiger charge is 2.42. The second-order valence-electron chi connectivity index (χ2n) is 5.67. The van der Waals surface area contributed by atoms with Crippen molar-refractivity contribution >= 4 is 12.2 Å². The molecule has 1 aliphatic heterocycles. The zero-order valence-corrected chi connectivity index (χ0v) is 13.2. The van der Waals surface area contributed by atoms with Crippen LogP contribution in [0.5, 0.6) is 0 Å². The van der Waals surface area contributed by atoms with Gasteiger partial charge in [-0.2, -0.15) is 0 Å². The Bertz CT molecular complexity index is 534. The van der Waals surface area contributed by atoms with Crippen LogP contribution in [0, 0.1) is 0 Å². The Balaban J connectivity index is 2.25. The van der Waals surface area contributed by atoms with E-state index in [-0.39, 0.29) is 12.2 Å². The second kappa shape index (κ2) is 6.68. The number of carbonyl (C=O) groups is 2. The number of benzene rings is 1. The van der Waals surface area contributed by atoms with Gasteiger partial charge in [-0.15, -0.1) is 0 Å². The van der Waals surface area contributed by atoms with Crippen LogP contribution in [0.25, 0.3) is 0 Å². The van der Waals surface area contributed by atoms with Crippen LogP contribution in [0.4, 0.5) is 9.59 Å². The van der Waals surface area contributed by atoms with Crippen LogP contribution >= 0.6 is 0 Å². The van der Waals surface area contributed by atoms with Crippen molar-refractivity contribution in [1.82, 2.24) is 9.80 Å². The lowest BCUT2D eigenvalue weighted by molar-refractivity contribution is 0.00923. The molecule has 6 nitrogen and oxygen atoms in total. The van der Waals surface area contributed by atoms with Gasteiger partial charge in [-0.25, -0.2) is 9.59 Å². The van der Waals surface area contributed by atoms with Gasteiger partial charge in [0, 0.05) is 19.6 Å². The minimum absolute atomic E-state index is 0.371. The van der Waals surface area contributed by atoms with Crippen LogP contribution in [0.15, 0.2) is 30.3 Å². The summed E-state index contributed by atoms with van der Waals surface area (Å²) in [6.07, 6.45) is -0.108. The summed E-state index contributed by atoms with van der Waals surface area (Å²) in [6.45, 7) is 3.23. The minimum atomic E-state index is -0.541. The third-order valence-corrected chi connectivity index (χ3v) is 4.03. The SMILES string of the molecule is COC(=O)N1CCN(C(=O)OC)C(C)(Cc2ccccc2)C1. The molecular weight excluding hydrogens is 284 g/mol. The standard InChI is InChI=1S/C16H22N2O4/c1-16(11-13-7-5-4-6-8-13)12-17(14(19)21-2)9-10-18(16)15(20)22-3/h4-8H,9-12H2,1-3H3. The predicted octanol–water partition coefficient (Wildman–Crippen LogP) is 2.14. The van der Waals surface area contributed by atoms with Crippen molar-refractivity contribution in [3.8, 4) is 0 Å². The summed E-state index contributed by atoms with van der Waals surface area (Å²) in [5, 5.41) is 0. The first-order valence-electron chi connectivity index (χ1n) is 7.22. The highest BCUT2D eigenvalue weighted by Crippen LogP contribution is 2.27. The molecule has 1 atom stereocenters. The third kappa shape index (κ3) is 3.32. The first-order valence-corrected chi connectivity index (χ1v) is 7.22. The topological polar surface area (TPSA) is 59.1 Å². The Hall–Kier alpha value is -2.24. The monoisotopic (exact) mass is 306 g/mol. The summed E-state index contributed by atoms with van der Waals surface area (Å²) in [5.41, 5.74) is 0.562. The molecule has 1 unspecified atom stereocenters. The van der Waals surface area contributed by atoms with Crippen LogP contribution in [0.2, 0.25) is 0 Å². The molecule has 1 aromatic carbocycles. The van der Waals surface area contributed by atoms with E-state index in [2.05, 4.69) is 0 Å². The molecule has 2 rings (SSSR count). The van der Waals surface area contributed by atoms with Crippen molar-refractivity contribution in [3.05, 3.63) is 35.9 Å². The number of hydrogen-bond acceptors (Lipinski definition) is 4. The van der Waals surface area contributed by atoms with E-state index in [0.717, 1.165) is 5.56 Å². The molecule has 0 aliphatic carbocycles. The van der Waals surface area contributed by atoms with E-state index in [1.807, 2.05) is 37.3 Å². The van der Waals surface area contributed by atoms with Crippen molar-refractivity contribution in [1.29, 1.82) is 0 Å². The van der Waals surface area contributed by atoms with Gasteiger partial charge in [0.2, 0.25) is 0 Å². The van der Waals surface area contributed by atoms with Gasteiger partial charge >= 0.3 is 12.2 Å². The van der Waals surface area contributed by atoms with Gasteiger partial charge in [0.05, 0.1) is 19.8 Å². The van der Waals surface area contributed by atoms with Crippen LogP contribution < -0.4 is 0 Å². The fourth-order valence-corrected chi connectivity index (χ4v) is 2.96. The van der Waals surface area contributed by atoms with E-state index in [1.54, 1.807) is 9.80 Å². The lowest BCUT2D eigenvalue weighted by atomic mass is 9.88. The molecule has 0 aromatic heterocycles. The number of ether oxygens (including phenoxy) is 2. The zero-order valence-electron chi connectivity index (χ0n) is 13.2. The Labute approximate surface area is 130 Å². The summed E-state index contributed by atoms with van der Waals surface area (Å²) in [6, 6.07) is 9.89. The second-order valence-corrected chi connectivity index (χ2v) is 5.67. The van der Waals surface area contributed by atoms with Gasteiger partial charge < -0.3 is 14.4 Å². The zero-order chi connectivity index (χ0) is 16.2. The molecule has 1 fully saturated rings. The van der Waals surface area contributed by atoms with Gasteiger partial charge in [0.25, 0.3) is 0 Å². The Kier molecular flexibility index (Phi) is 4.90. The summed E-state index contributed by atoms with van der Waals surface area (Å²) in [4.78, 5) is 27.2. The maximum Gasteiger partial charge on any atom is 0.410 e. The van der Waals surface area contributed by atoms with Crippen molar-refractivity contribution in [2.75, 3.05) is 33.9 Å². The van der Waals surface area contributed by atoms with Crippen LogP contribution in [0.3, 0.4) is 0 Å². The van der Waals surface area contributed by atoms with Gasteiger partial charge in [-0.05, 0) is 18.9 Å². The first-order chi connectivity index (χ1) is 10.5. The molecule has 120 valence electrons. The predicted molar refractivity (Wildman–Crippen MR) is 81.6 cm³/mol. The number of methoxy groups -OCH3 is 2. The van der Waals surface area contributed by atoms with Gasteiger partial charge in [0.1, 0.15) is 0 Å². The van der Waals surface area contributed by atoms with Crippen LogP contribution in [-0.2, 0) is 15.9 Å². The molecule has 0 saturated carbocycles. The van der Waals surface area contributed by atoms with Crippen molar-refractivity contribution < 1.29 is 19.1 Å². The normalized spacial score (nSPS) is 21.4. The van der Waals surface area contributed by atoms with Crippen molar-refractivity contribution in [2.45, 2.75) is 18.9 Å². The van der Waals surface area contributed by atoms with Gasteiger partial charge in [-0.3, -0.25) is 4.90 Å². The molecule has 1 aromatic rings. The van der Waals surface area contributed by atoms with E-state index in [9.17, 15) is 9.59 Å². The Morgan fingerprint density at radius 2 is 1.73 bits per heavy atom. The molecule has 0 N–H and O–H groups in total. The molecular formula is C16H22N2O4. The minimum Gasteiger partial charge on any atom is -0.453 e. The highest BCUT2D eigenvalue weighted by atomic mass is 16.5. The summed E-state index contributed by atoms with van der Waals surface area (Å²) in [5.74, 6) is 0. The van der Waals surface area contributed by atoms with E-state index >= 15 is 0 Å². The van der Waals surface area contributed by atoms with E-state index < -0.39 is 5.54 Å². The molecule has 0 bridgehead atoms. The highest BCUT2D eigenvalue weighted by molar-refractivity contribution is 5.71.